The fraction of sp³-hybridized carbons (Fsp3) is 0.250. The first kappa shape index (κ1) is 19.7. The molecule has 0 spiro atoms. The summed E-state index contributed by atoms with van der Waals surface area (Å²) in [4.78, 5) is 14.4. The Kier molecular flexibility index (Phi) is 6.15. The Morgan fingerprint density at radius 1 is 1.31 bits per heavy atom. The average Bonchev–Trinajstić information content (AvgIpc) is 2.57. The monoisotopic (exact) mass is 428 g/mol. The third-order valence-electron chi connectivity index (χ3n) is 3.53. The summed E-state index contributed by atoms with van der Waals surface area (Å²) in [6.45, 7) is 0. The lowest BCUT2D eigenvalue weighted by Crippen LogP contribution is -2.18. The Bertz CT molecular complexity index is 852. The summed E-state index contributed by atoms with van der Waals surface area (Å²) < 4.78 is 40.2. The van der Waals surface area contributed by atoms with Gasteiger partial charge in [-0.1, -0.05) is 18.2 Å². The molecule has 2 rings (SSSR count). The van der Waals surface area contributed by atoms with E-state index in [0.717, 1.165) is 6.07 Å². The second-order valence-electron chi connectivity index (χ2n) is 5.24. The van der Waals surface area contributed by atoms with Gasteiger partial charge >= 0.3 is 11.9 Å². The van der Waals surface area contributed by atoms with Crippen LogP contribution in [-0.4, -0.2) is 9.91 Å². The minimum absolute atomic E-state index is 0.0228. The number of hydrogen-bond donors (Lipinski definition) is 1. The highest BCUT2D eigenvalue weighted by atomic mass is 79.9. The number of nitrogens with one attached hydrogen (secondary N) is 1. The highest BCUT2D eigenvalue weighted by molar-refractivity contribution is 9.10. The van der Waals surface area contributed by atoms with Crippen molar-refractivity contribution >= 4 is 27.4 Å². The molecule has 1 unspecified atom stereocenters. The molecule has 1 heterocycles. The third kappa shape index (κ3) is 4.70. The van der Waals surface area contributed by atoms with Gasteiger partial charge in [-0.15, -0.1) is 0 Å². The van der Waals surface area contributed by atoms with Gasteiger partial charge in [0.1, 0.15) is 4.60 Å². The van der Waals surface area contributed by atoms with Gasteiger partial charge in [-0.05, 0) is 40.0 Å². The van der Waals surface area contributed by atoms with Gasteiger partial charge in [-0.3, -0.25) is 10.1 Å². The van der Waals surface area contributed by atoms with Gasteiger partial charge in [0.05, 0.1) is 22.6 Å². The number of hydrogen-bond acceptors (Lipinski definition) is 5. The van der Waals surface area contributed by atoms with Crippen LogP contribution in [0.3, 0.4) is 0 Å². The van der Waals surface area contributed by atoms with Crippen LogP contribution in [0.15, 0.2) is 41.0 Å². The number of halogens is 4. The van der Waals surface area contributed by atoms with E-state index in [-0.39, 0.29) is 34.5 Å². The van der Waals surface area contributed by atoms with E-state index < -0.39 is 22.7 Å². The van der Waals surface area contributed by atoms with Gasteiger partial charge in [0.2, 0.25) is 5.82 Å². The van der Waals surface area contributed by atoms with Crippen molar-refractivity contribution in [2.45, 2.75) is 25.1 Å². The second kappa shape index (κ2) is 8.14. The van der Waals surface area contributed by atoms with E-state index >= 15 is 0 Å². The smallest absolute Gasteiger partial charge is 0.357 e. The van der Waals surface area contributed by atoms with E-state index in [1.165, 1.54) is 30.3 Å². The molecule has 0 aliphatic heterocycles. The predicted molar refractivity (Wildman–Crippen MR) is 91.2 cm³/mol. The van der Waals surface area contributed by atoms with Gasteiger partial charge in [-0.2, -0.15) is 18.4 Å². The number of nitrogens with zero attached hydrogens (tertiary/aromatic N) is 3. The molecular weight excluding hydrogens is 417 g/mol. The van der Waals surface area contributed by atoms with E-state index in [9.17, 15) is 23.3 Å². The first-order valence-electron chi connectivity index (χ1n) is 7.34. The summed E-state index contributed by atoms with van der Waals surface area (Å²) in [5.41, 5.74) is -1.35. The SMILES string of the molecule is N#CCCC(Nc1nc(Br)ccc1[N+](=O)[O-])c1ccccc1C(F)(F)F. The van der Waals surface area contributed by atoms with Gasteiger partial charge in [0.15, 0.2) is 0 Å². The van der Waals surface area contributed by atoms with Crippen LogP contribution in [0.2, 0.25) is 0 Å². The van der Waals surface area contributed by atoms with Crippen LogP contribution in [0.4, 0.5) is 24.7 Å². The molecule has 136 valence electrons. The molecule has 0 saturated heterocycles. The summed E-state index contributed by atoms with van der Waals surface area (Å²) in [6, 6.07) is 8.35. The van der Waals surface area contributed by atoms with Crippen LogP contribution in [0.1, 0.15) is 30.0 Å². The molecule has 6 nitrogen and oxygen atoms in total. The van der Waals surface area contributed by atoms with Crippen LogP contribution < -0.4 is 5.32 Å². The van der Waals surface area contributed by atoms with Crippen molar-refractivity contribution in [3.05, 3.63) is 62.2 Å². The van der Waals surface area contributed by atoms with Gasteiger partial charge < -0.3 is 5.32 Å². The molecule has 0 saturated carbocycles. The van der Waals surface area contributed by atoms with Gasteiger partial charge in [0, 0.05) is 12.5 Å². The molecule has 1 atom stereocenters. The zero-order valence-electron chi connectivity index (χ0n) is 13.1. The van der Waals surface area contributed by atoms with E-state index in [0.29, 0.717) is 0 Å². The lowest BCUT2D eigenvalue weighted by Gasteiger charge is -2.22. The Morgan fingerprint density at radius 3 is 2.62 bits per heavy atom. The minimum Gasteiger partial charge on any atom is -0.357 e. The Morgan fingerprint density at radius 2 is 2.00 bits per heavy atom. The second-order valence-corrected chi connectivity index (χ2v) is 6.05. The number of nitro groups is 1. The first-order valence-corrected chi connectivity index (χ1v) is 8.14. The fourth-order valence-corrected chi connectivity index (χ4v) is 2.73. The maximum Gasteiger partial charge on any atom is 0.416 e. The number of benzene rings is 1. The quantitative estimate of drug-likeness (QED) is 0.386. The third-order valence-corrected chi connectivity index (χ3v) is 3.98. The summed E-state index contributed by atoms with van der Waals surface area (Å²) in [6.07, 6.45) is -4.61. The number of anilines is 1. The zero-order valence-corrected chi connectivity index (χ0v) is 14.7. The molecule has 2 aromatic rings. The molecular formula is C16H12BrF3N4O2. The normalized spacial score (nSPS) is 12.3. The predicted octanol–water partition coefficient (Wildman–Crippen LogP) is 5.23. The molecule has 1 aromatic carbocycles. The lowest BCUT2D eigenvalue weighted by atomic mass is 9.96. The number of rotatable bonds is 6. The molecule has 1 N–H and O–H groups in total. The van der Waals surface area contributed by atoms with E-state index in [1.54, 1.807) is 0 Å². The maximum atomic E-state index is 13.3. The molecule has 0 amide bonds. The Hall–Kier alpha value is -2.67. The van der Waals surface area contributed by atoms with Crippen LogP contribution in [0.25, 0.3) is 0 Å². The van der Waals surface area contributed by atoms with Crippen molar-refractivity contribution in [3.63, 3.8) is 0 Å². The molecule has 10 heteroatoms. The largest absolute Gasteiger partial charge is 0.416 e. The van der Waals surface area contributed by atoms with Gasteiger partial charge in [-0.25, -0.2) is 4.98 Å². The molecule has 26 heavy (non-hydrogen) atoms. The van der Waals surface area contributed by atoms with Crippen molar-refractivity contribution in [2.75, 3.05) is 5.32 Å². The van der Waals surface area contributed by atoms with Crippen molar-refractivity contribution in [3.8, 4) is 6.07 Å². The highest BCUT2D eigenvalue weighted by Gasteiger charge is 2.35. The van der Waals surface area contributed by atoms with E-state index in [2.05, 4.69) is 26.2 Å². The topological polar surface area (TPSA) is 91.8 Å². The molecule has 0 aliphatic rings. The number of alkyl halides is 3. The minimum atomic E-state index is -4.60. The molecule has 0 aliphatic carbocycles. The maximum absolute atomic E-state index is 13.3. The molecule has 1 aromatic heterocycles. The standard InChI is InChI=1S/C16H12BrF3N4O2/c17-14-8-7-13(24(25)26)15(23-14)22-12(6-3-9-21)10-4-1-2-5-11(10)16(18,19)20/h1-2,4-5,7-8,12H,3,6H2,(H,22,23). The van der Waals surface area contributed by atoms with Crippen LogP contribution >= 0.6 is 15.9 Å². The van der Waals surface area contributed by atoms with E-state index in [4.69, 9.17) is 5.26 Å². The van der Waals surface area contributed by atoms with Crippen LogP contribution in [0, 0.1) is 21.4 Å². The first-order chi connectivity index (χ1) is 12.2. The summed E-state index contributed by atoms with van der Waals surface area (Å²) >= 11 is 3.08. The van der Waals surface area contributed by atoms with Crippen LogP contribution in [-0.2, 0) is 6.18 Å². The molecule has 0 bridgehead atoms. The number of nitriles is 1. The fourth-order valence-electron chi connectivity index (χ4n) is 2.42. The zero-order chi connectivity index (χ0) is 19.3. The number of aromatic nitrogens is 1. The van der Waals surface area contributed by atoms with Crippen molar-refractivity contribution in [2.24, 2.45) is 0 Å². The summed E-state index contributed by atoms with van der Waals surface area (Å²) in [7, 11) is 0. The van der Waals surface area contributed by atoms with Crippen LogP contribution in [0.5, 0.6) is 0 Å². The number of pyridine rings is 1. The molecule has 0 fully saturated rings. The average molecular weight is 429 g/mol. The lowest BCUT2D eigenvalue weighted by molar-refractivity contribution is -0.384. The van der Waals surface area contributed by atoms with Crippen molar-refractivity contribution in [1.82, 2.24) is 4.98 Å². The van der Waals surface area contributed by atoms with E-state index in [1.807, 2.05) is 6.07 Å². The summed E-state index contributed by atoms with van der Waals surface area (Å²) in [5, 5.41) is 22.7. The van der Waals surface area contributed by atoms with Crippen molar-refractivity contribution in [1.29, 1.82) is 5.26 Å². The van der Waals surface area contributed by atoms with Gasteiger partial charge in [0.25, 0.3) is 0 Å². The Balaban J connectivity index is 2.50. The summed E-state index contributed by atoms with van der Waals surface area (Å²) in [5.74, 6) is -0.177. The Labute approximate surface area is 154 Å². The highest BCUT2D eigenvalue weighted by Crippen LogP contribution is 2.38. The molecule has 0 radical (unpaired) electrons. The van der Waals surface area contributed by atoms with Crippen molar-refractivity contribution < 1.29 is 18.1 Å².